The second-order valence-corrected chi connectivity index (χ2v) is 6.39. The van der Waals surface area contributed by atoms with E-state index in [-0.39, 0.29) is 0 Å². The molecule has 0 aromatic heterocycles. The molecule has 4 heteroatoms. The smallest absolute Gasteiger partial charge is 0.0599 e. The molecule has 2 heterocycles. The molecule has 1 atom stereocenters. The first kappa shape index (κ1) is 16.2. The predicted octanol–water partition coefficient (Wildman–Crippen LogP) is 1.56. The van der Waals surface area contributed by atoms with Crippen molar-refractivity contribution in [2.75, 3.05) is 52.9 Å². The van der Waals surface area contributed by atoms with E-state index < -0.39 is 0 Å². The van der Waals surface area contributed by atoms with E-state index in [2.05, 4.69) is 29.1 Å². The SMILES string of the molecule is CCC1CN(C)CCCN1CCCOC1CCNCC1. The van der Waals surface area contributed by atoms with E-state index in [4.69, 9.17) is 4.74 Å². The summed E-state index contributed by atoms with van der Waals surface area (Å²) >= 11 is 0. The number of ether oxygens (including phenoxy) is 1. The van der Waals surface area contributed by atoms with Gasteiger partial charge in [-0.15, -0.1) is 0 Å². The average Bonchev–Trinajstić information content (AvgIpc) is 2.66. The van der Waals surface area contributed by atoms with Crippen LogP contribution in [0.2, 0.25) is 0 Å². The first-order chi connectivity index (χ1) is 9.79. The number of nitrogens with zero attached hydrogens (tertiary/aromatic N) is 2. The number of rotatable bonds is 6. The highest BCUT2D eigenvalue weighted by molar-refractivity contribution is 4.77. The van der Waals surface area contributed by atoms with Gasteiger partial charge in [-0.25, -0.2) is 0 Å². The number of hydrogen-bond donors (Lipinski definition) is 1. The minimum atomic E-state index is 0.508. The molecule has 0 aromatic carbocycles. The zero-order chi connectivity index (χ0) is 14.2. The number of likely N-dealkylation sites (N-methyl/N-ethyl adjacent to an activating group) is 1. The third-order valence-corrected chi connectivity index (χ3v) is 4.72. The Kier molecular flexibility index (Phi) is 7.28. The van der Waals surface area contributed by atoms with E-state index in [0.29, 0.717) is 6.10 Å². The average molecular weight is 283 g/mol. The molecule has 0 amide bonds. The fraction of sp³-hybridized carbons (Fsp3) is 1.00. The van der Waals surface area contributed by atoms with Gasteiger partial charge in [-0.1, -0.05) is 6.92 Å². The third-order valence-electron chi connectivity index (χ3n) is 4.72. The van der Waals surface area contributed by atoms with Gasteiger partial charge in [0.25, 0.3) is 0 Å². The topological polar surface area (TPSA) is 27.7 Å². The Balaban J connectivity index is 1.63. The molecule has 0 aliphatic carbocycles. The van der Waals surface area contributed by atoms with Gasteiger partial charge in [0.2, 0.25) is 0 Å². The first-order valence-corrected chi connectivity index (χ1v) is 8.54. The van der Waals surface area contributed by atoms with Gasteiger partial charge in [0.05, 0.1) is 6.10 Å². The summed E-state index contributed by atoms with van der Waals surface area (Å²) in [5.74, 6) is 0. The lowest BCUT2D eigenvalue weighted by Crippen LogP contribution is -2.40. The molecule has 0 bridgehead atoms. The van der Waals surface area contributed by atoms with Crippen molar-refractivity contribution in [2.45, 2.75) is 51.2 Å². The first-order valence-electron chi connectivity index (χ1n) is 8.54. The Morgan fingerprint density at radius 1 is 1.20 bits per heavy atom. The van der Waals surface area contributed by atoms with Crippen LogP contribution in [0.1, 0.15) is 39.0 Å². The number of hydrogen-bond acceptors (Lipinski definition) is 4. The maximum atomic E-state index is 6.02. The Hall–Kier alpha value is -0.160. The third kappa shape index (κ3) is 5.32. The van der Waals surface area contributed by atoms with Gasteiger partial charge >= 0.3 is 0 Å². The lowest BCUT2D eigenvalue weighted by Gasteiger charge is -2.30. The van der Waals surface area contributed by atoms with Crippen LogP contribution < -0.4 is 5.32 Å². The van der Waals surface area contributed by atoms with Gasteiger partial charge in [0.1, 0.15) is 0 Å². The maximum Gasteiger partial charge on any atom is 0.0599 e. The lowest BCUT2D eigenvalue weighted by molar-refractivity contribution is 0.0258. The molecule has 20 heavy (non-hydrogen) atoms. The van der Waals surface area contributed by atoms with Crippen molar-refractivity contribution in [3.8, 4) is 0 Å². The largest absolute Gasteiger partial charge is 0.378 e. The Labute approximate surface area is 124 Å². The molecule has 0 aromatic rings. The number of piperidine rings is 1. The molecular weight excluding hydrogens is 250 g/mol. The molecule has 0 spiro atoms. The Morgan fingerprint density at radius 2 is 2.00 bits per heavy atom. The summed E-state index contributed by atoms with van der Waals surface area (Å²) in [6.07, 6.45) is 6.64. The van der Waals surface area contributed by atoms with Crippen LogP contribution in [0, 0.1) is 0 Å². The van der Waals surface area contributed by atoms with Gasteiger partial charge in [-0.3, -0.25) is 4.90 Å². The number of nitrogens with one attached hydrogen (secondary N) is 1. The zero-order valence-electron chi connectivity index (χ0n) is 13.4. The van der Waals surface area contributed by atoms with Gasteiger partial charge in [0, 0.05) is 25.7 Å². The molecule has 2 saturated heterocycles. The lowest BCUT2D eigenvalue weighted by atomic mass is 10.1. The van der Waals surface area contributed by atoms with Crippen LogP contribution in [-0.2, 0) is 4.74 Å². The van der Waals surface area contributed by atoms with Gasteiger partial charge < -0.3 is 15.0 Å². The van der Waals surface area contributed by atoms with Crippen molar-refractivity contribution in [1.29, 1.82) is 0 Å². The monoisotopic (exact) mass is 283 g/mol. The molecule has 2 fully saturated rings. The molecule has 4 nitrogen and oxygen atoms in total. The van der Waals surface area contributed by atoms with E-state index in [1.807, 2.05) is 0 Å². The molecule has 2 aliphatic heterocycles. The minimum Gasteiger partial charge on any atom is -0.378 e. The molecular formula is C16H33N3O. The van der Waals surface area contributed by atoms with Crippen LogP contribution in [0.4, 0.5) is 0 Å². The Morgan fingerprint density at radius 3 is 2.75 bits per heavy atom. The van der Waals surface area contributed by atoms with Crippen molar-refractivity contribution in [3.63, 3.8) is 0 Å². The fourth-order valence-corrected chi connectivity index (χ4v) is 3.45. The standard InChI is InChI=1S/C16H33N3O/c1-3-15-14-18(2)10-4-11-19(15)12-5-13-20-16-6-8-17-9-7-16/h15-17H,3-14H2,1-2H3. The van der Waals surface area contributed by atoms with Crippen LogP contribution in [0.25, 0.3) is 0 Å². The van der Waals surface area contributed by atoms with E-state index in [1.165, 1.54) is 58.3 Å². The van der Waals surface area contributed by atoms with Crippen LogP contribution in [-0.4, -0.2) is 74.9 Å². The van der Waals surface area contributed by atoms with E-state index in [9.17, 15) is 0 Å². The fourth-order valence-electron chi connectivity index (χ4n) is 3.45. The van der Waals surface area contributed by atoms with E-state index in [1.54, 1.807) is 0 Å². The second-order valence-electron chi connectivity index (χ2n) is 6.39. The van der Waals surface area contributed by atoms with Gasteiger partial charge in [-0.2, -0.15) is 0 Å². The Bertz CT molecular complexity index is 256. The van der Waals surface area contributed by atoms with E-state index in [0.717, 1.165) is 25.7 Å². The van der Waals surface area contributed by atoms with Crippen molar-refractivity contribution in [1.82, 2.24) is 15.1 Å². The molecule has 2 rings (SSSR count). The van der Waals surface area contributed by atoms with Crippen molar-refractivity contribution in [3.05, 3.63) is 0 Å². The predicted molar refractivity (Wildman–Crippen MR) is 84.2 cm³/mol. The highest BCUT2D eigenvalue weighted by Crippen LogP contribution is 2.13. The van der Waals surface area contributed by atoms with Crippen molar-refractivity contribution >= 4 is 0 Å². The molecule has 0 radical (unpaired) electrons. The second kappa shape index (κ2) is 8.98. The molecule has 1 unspecified atom stereocenters. The summed E-state index contributed by atoms with van der Waals surface area (Å²) in [6, 6.07) is 0.737. The summed E-state index contributed by atoms with van der Waals surface area (Å²) in [7, 11) is 2.26. The van der Waals surface area contributed by atoms with E-state index >= 15 is 0 Å². The normalized spacial score (nSPS) is 27.6. The van der Waals surface area contributed by atoms with Crippen molar-refractivity contribution in [2.24, 2.45) is 0 Å². The summed E-state index contributed by atoms with van der Waals surface area (Å²) in [5.41, 5.74) is 0. The summed E-state index contributed by atoms with van der Waals surface area (Å²) in [4.78, 5) is 5.18. The molecule has 1 N–H and O–H groups in total. The highest BCUT2D eigenvalue weighted by atomic mass is 16.5. The summed E-state index contributed by atoms with van der Waals surface area (Å²) < 4.78 is 6.02. The molecule has 0 saturated carbocycles. The zero-order valence-corrected chi connectivity index (χ0v) is 13.4. The van der Waals surface area contributed by atoms with Crippen molar-refractivity contribution < 1.29 is 4.74 Å². The summed E-state index contributed by atoms with van der Waals surface area (Å²) in [5, 5.41) is 3.39. The highest BCUT2D eigenvalue weighted by Gasteiger charge is 2.21. The van der Waals surface area contributed by atoms with Crippen LogP contribution in [0.3, 0.4) is 0 Å². The van der Waals surface area contributed by atoms with Crippen LogP contribution in [0.15, 0.2) is 0 Å². The summed E-state index contributed by atoms with van der Waals surface area (Å²) in [6.45, 7) is 10.5. The maximum absolute atomic E-state index is 6.02. The van der Waals surface area contributed by atoms with Crippen LogP contribution in [0.5, 0.6) is 0 Å². The van der Waals surface area contributed by atoms with Gasteiger partial charge in [-0.05, 0) is 65.3 Å². The molecule has 118 valence electrons. The molecule has 2 aliphatic rings. The van der Waals surface area contributed by atoms with Gasteiger partial charge in [0.15, 0.2) is 0 Å². The quantitative estimate of drug-likeness (QED) is 0.749. The van der Waals surface area contributed by atoms with Crippen LogP contribution >= 0.6 is 0 Å². The minimum absolute atomic E-state index is 0.508.